The van der Waals surface area contributed by atoms with Crippen LogP contribution in [0.1, 0.15) is 15.6 Å². The second-order valence-electron chi connectivity index (χ2n) is 4.73. The van der Waals surface area contributed by atoms with Gasteiger partial charge >= 0.3 is 0 Å². The average molecular weight is 342 g/mol. The second kappa shape index (κ2) is 5.56. The number of furan rings is 1. The van der Waals surface area contributed by atoms with Gasteiger partial charge in [-0.3, -0.25) is 10.1 Å². The summed E-state index contributed by atoms with van der Waals surface area (Å²) in [5.74, 6) is 0.436. The first kappa shape index (κ1) is 14.0. The number of aromatic nitrogens is 3. The van der Waals surface area contributed by atoms with E-state index in [0.29, 0.717) is 10.9 Å². The van der Waals surface area contributed by atoms with E-state index < -0.39 is 0 Å². The van der Waals surface area contributed by atoms with E-state index in [-0.39, 0.29) is 11.7 Å². The van der Waals surface area contributed by atoms with E-state index in [0.717, 1.165) is 20.2 Å². The van der Waals surface area contributed by atoms with Crippen LogP contribution < -0.4 is 5.32 Å². The van der Waals surface area contributed by atoms with Gasteiger partial charge in [-0.25, -0.2) is 4.98 Å². The molecule has 4 rings (SSSR count). The molecule has 1 amide bonds. The Morgan fingerprint density at radius 3 is 2.78 bits per heavy atom. The second-order valence-corrected chi connectivity index (χ2v) is 6.94. The van der Waals surface area contributed by atoms with Crippen molar-refractivity contribution in [2.24, 2.45) is 0 Å². The van der Waals surface area contributed by atoms with Gasteiger partial charge in [0.2, 0.25) is 5.13 Å². The maximum atomic E-state index is 12.2. The molecule has 0 unspecified atom stereocenters. The van der Waals surface area contributed by atoms with Crippen molar-refractivity contribution in [1.82, 2.24) is 15.2 Å². The molecule has 0 aliphatic heterocycles. The first-order valence-electron chi connectivity index (χ1n) is 6.76. The molecule has 0 fully saturated rings. The number of carbonyl (C=O) groups is 1. The highest BCUT2D eigenvalue weighted by Gasteiger charge is 2.16. The minimum absolute atomic E-state index is 0.215. The van der Waals surface area contributed by atoms with Crippen LogP contribution in [0.25, 0.3) is 21.0 Å². The van der Waals surface area contributed by atoms with Gasteiger partial charge < -0.3 is 4.42 Å². The minimum Gasteiger partial charge on any atom is -0.448 e. The van der Waals surface area contributed by atoms with Crippen LogP contribution in [-0.4, -0.2) is 21.1 Å². The average Bonchev–Trinajstić information content (AvgIpc) is 3.25. The van der Waals surface area contributed by atoms with Crippen LogP contribution in [0, 0.1) is 6.92 Å². The highest BCUT2D eigenvalue weighted by molar-refractivity contribution is 7.21. The summed E-state index contributed by atoms with van der Waals surface area (Å²) in [6.07, 6.45) is 0. The van der Waals surface area contributed by atoms with Gasteiger partial charge in [-0.2, -0.15) is 0 Å². The number of anilines is 1. The molecule has 3 heterocycles. The predicted octanol–water partition coefficient (Wildman–Crippen LogP) is 3.97. The van der Waals surface area contributed by atoms with Crippen molar-refractivity contribution in [1.29, 1.82) is 0 Å². The molecular weight excluding hydrogens is 332 g/mol. The van der Waals surface area contributed by atoms with Crippen LogP contribution in [0.2, 0.25) is 0 Å². The van der Waals surface area contributed by atoms with Crippen molar-refractivity contribution in [2.75, 3.05) is 5.32 Å². The molecule has 23 heavy (non-hydrogen) atoms. The van der Waals surface area contributed by atoms with Crippen LogP contribution in [-0.2, 0) is 0 Å². The summed E-state index contributed by atoms with van der Waals surface area (Å²) in [6, 6.07) is 11.2. The Morgan fingerprint density at radius 1 is 1.13 bits per heavy atom. The predicted molar refractivity (Wildman–Crippen MR) is 89.9 cm³/mol. The number of fused-ring (bicyclic) bond motifs is 1. The van der Waals surface area contributed by atoms with Gasteiger partial charge in [-0.15, -0.1) is 21.5 Å². The van der Waals surface area contributed by atoms with Gasteiger partial charge in [-0.1, -0.05) is 23.5 Å². The Morgan fingerprint density at radius 2 is 2.00 bits per heavy atom. The van der Waals surface area contributed by atoms with E-state index in [9.17, 15) is 4.79 Å². The molecule has 6 nitrogen and oxygen atoms in total. The molecule has 0 radical (unpaired) electrons. The number of benzene rings is 1. The molecule has 0 saturated carbocycles. The molecule has 8 heteroatoms. The van der Waals surface area contributed by atoms with Crippen LogP contribution >= 0.6 is 22.7 Å². The van der Waals surface area contributed by atoms with Crippen molar-refractivity contribution in [3.63, 3.8) is 0 Å². The first-order chi connectivity index (χ1) is 11.2. The number of aryl methyl sites for hydroxylation is 1. The highest BCUT2D eigenvalue weighted by atomic mass is 32.1. The van der Waals surface area contributed by atoms with Crippen molar-refractivity contribution >= 4 is 43.9 Å². The maximum absolute atomic E-state index is 12.2. The number of nitrogens with zero attached hydrogens (tertiary/aromatic N) is 3. The summed E-state index contributed by atoms with van der Waals surface area (Å²) in [5, 5.41) is 12.4. The number of hydrogen-bond acceptors (Lipinski definition) is 7. The van der Waals surface area contributed by atoms with Gasteiger partial charge in [0.1, 0.15) is 5.01 Å². The molecule has 0 saturated heterocycles. The van der Waals surface area contributed by atoms with Crippen LogP contribution in [0.3, 0.4) is 0 Å². The lowest BCUT2D eigenvalue weighted by Crippen LogP contribution is -2.10. The number of para-hydroxylation sites is 1. The summed E-state index contributed by atoms with van der Waals surface area (Å²) >= 11 is 2.84. The van der Waals surface area contributed by atoms with Crippen molar-refractivity contribution in [3.05, 3.63) is 47.2 Å². The molecule has 1 N–H and O–H groups in total. The van der Waals surface area contributed by atoms with E-state index in [1.807, 2.05) is 31.2 Å². The van der Waals surface area contributed by atoms with Crippen molar-refractivity contribution < 1.29 is 9.21 Å². The standard InChI is InChI=1S/C15H10N4O2S2/c1-8-18-19-15(22-8)17-13(20)10-6-7-11(21-10)14-16-9-4-2-3-5-12(9)23-14/h2-7H,1H3,(H,17,19,20). The molecular formula is C15H10N4O2S2. The maximum Gasteiger partial charge on any atom is 0.293 e. The first-order valence-corrected chi connectivity index (χ1v) is 8.39. The third kappa shape index (κ3) is 2.73. The fourth-order valence-electron chi connectivity index (χ4n) is 2.06. The molecule has 0 aliphatic carbocycles. The van der Waals surface area contributed by atoms with E-state index in [1.54, 1.807) is 12.1 Å². The molecule has 0 aliphatic rings. The lowest BCUT2D eigenvalue weighted by atomic mass is 10.3. The normalized spacial score (nSPS) is 11.0. The van der Waals surface area contributed by atoms with E-state index in [1.165, 1.54) is 22.7 Å². The number of nitrogens with one attached hydrogen (secondary N) is 1. The zero-order chi connectivity index (χ0) is 15.8. The number of thiazole rings is 1. The molecule has 114 valence electrons. The fourth-order valence-corrected chi connectivity index (χ4v) is 3.57. The minimum atomic E-state index is -0.353. The molecule has 0 atom stereocenters. The van der Waals surface area contributed by atoms with Gasteiger partial charge in [-0.05, 0) is 31.2 Å². The zero-order valence-corrected chi connectivity index (χ0v) is 13.6. The topological polar surface area (TPSA) is 80.9 Å². The lowest BCUT2D eigenvalue weighted by molar-refractivity contribution is 0.0997. The smallest absolute Gasteiger partial charge is 0.293 e. The highest BCUT2D eigenvalue weighted by Crippen LogP contribution is 2.31. The molecule has 4 aromatic rings. The van der Waals surface area contributed by atoms with Crippen molar-refractivity contribution in [2.45, 2.75) is 6.92 Å². The Kier molecular flexibility index (Phi) is 3.40. The summed E-state index contributed by atoms with van der Waals surface area (Å²) in [5.41, 5.74) is 0.916. The third-order valence-corrected chi connectivity index (χ3v) is 4.89. The Balaban J connectivity index is 1.59. The van der Waals surface area contributed by atoms with Gasteiger partial charge in [0.15, 0.2) is 16.5 Å². The third-order valence-electron chi connectivity index (χ3n) is 3.08. The quantitative estimate of drug-likeness (QED) is 0.609. The summed E-state index contributed by atoms with van der Waals surface area (Å²) in [7, 11) is 0. The summed E-state index contributed by atoms with van der Waals surface area (Å²) in [4.78, 5) is 16.7. The molecule has 1 aromatic carbocycles. The van der Waals surface area contributed by atoms with E-state index in [4.69, 9.17) is 4.42 Å². The van der Waals surface area contributed by atoms with Crippen LogP contribution in [0.5, 0.6) is 0 Å². The van der Waals surface area contributed by atoms with E-state index in [2.05, 4.69) is 20.5 Å². The summed E-state index contributed by atoms with van der Waals surface area (Å²) in [6.45, 7) is 1.82. The van der Waals surface area contributed by atoms with Gasteiger partial charge in [0, 0.05) is 0 Å². The lowest BCUT2D eigenvalue weighted by Gasteiger charge is -1.96. The van der Waals surface area contributed by atoms with E-state index >= 15 is 0 Å². The number of hydrogen-bond donors (Lipinski definition) is 1. The number of carbonyl (C=O) groups excluding carboxylic acids is 1. The Labute approximate surface area is 138 Å². The Hall–Kier alpha value is -2.58. The van der Waals surface area contributed by atoms with Gasteiger partial charge in [0.05, 0.1) is 10.2 Å². The Bertz CT molecular complexity index is 969. The zero-order valence-electron chi connectivity index (χ0n) is 11.9. The van der Waals surface area contributed by atoms with Crippen molar-refractivity contribution in [3.8, 4) is 10.8 Å². The summed E-state index contributed by atoms with van der Waals surface area (Å²) < 4.78 is 6.71. The molecule has 0 spiro atoms. The van der Waals surface area contributed by atoms with Crippen LogP contribution in [0.15, 0.2) is 40.8 Å². The SMILES string of the molecule is Cc1nnc(NC(=O)c2ccc(-c3nc4ccccc4s3)o2)s1. The largest absolute Gasteiger partial charge is 0.448 e. The fraction of sp³-hybridized carbons (Fsp3) is 0.0667. The number of rotatable bonds is 3. The monoisotopic (exact) mass is 342 g/mol. The molecule has 3 aromatic heterocycles. The van der Waals surface area contributed by atoms with Gasteiger partial charge in [0.25, 0.3) is 5.91 Å². The number of amides is 1. The molecule has 0 bridgehead atoms. The van der Waals surface area contributed by atoms with Crippen LogP contribution in [0.4, 0.5) is 5.13 Å².